The number of nitrogens with zero attached hydrogens (tertiary/aromatic N) is 1. The zero-order chi connectivity index (χ0) is 10.8. The number of benzene rings is 1. The topological polar surface area (TPSA) is 55.4 Å². The van der Waals surface area contributed by atoms with Crippen LogP contribution in [0.2, 0.25) is 0 Å². The maximum atomic E-state index is 11.3. The zero-order valence-corrected chi connectivity index (χ0v) is 9.04. The van der Waals surface area contributed by atoms with E-state index in [4.69, 9.17) is 5.73 Å². The van der Waals surface area contributed by atoms with Gasteiger partial charge in [0.15, 0.2) is 5.17 Å². The number of aliphatic imine (C=N–C) groups is 1. The monoisotopic (exact) mass is 218 g/mol. The first kappa shape index (κ1) is 9.98. The van der Waals surface area contributed by atoms with Crippen molar-refractivity contribution in [1.29, 1.82) is 0 Å². The fraction of sp³-hybridized carbons (Fsp3) is 0.0909. The molecular weight excluding hydrogens is 208 g/mol. The van der Waals surface area contributed by atoms with Gasteiger partial charge in [0.1, 0.15) is 0 Å². The minimum atomic E-state index is -0.249. The van der Waals surface area contributed by atoms with Gasteiger partial charge in [-0.3, -0.25) is 4.79 Å². The summed E-state index contributed by atoms with van der Waals surface area (Å²) in [5.74, 6) is -0.249. The van der Waals surface area contributed by atoms with E-state index < -0.39 is 0 Å². The molecule has 1 amide bonds. The Morgan fingerprint density at radius 3 is 2.73 bits per heavy atom. The normalized spacial score (nSPS) is 18.3. The van der Waals surface area contributed by atoms with Crippen LogP contribution in [0, 0.1) is 6.92 Å². The summed E-state index contributed by atoms with van der Waals surface area (Å²) in [5.41, 5.74) is 7.61. The summed E-state index contributed by atoms with van der Waals surface area (Å²) in [6.45, 7) is 2.00. The Hall–Kier alpha value is -1.55. The number of aryl methyl sites for hydroxylation is 1. The molecule has 0 aliphatic carbocycles. The molecule has 0 radical (unpaired) electrons. The maximum Gasteiger partial charge on any atom is 0.286 e. The largest absolute Gasteiger partial charge is 0.378 e. The Balaban J connectivity index is 2.33. The molecule has 1 aliphatic rings. The molecule has 15 heavy (non-hydrogen) atoms. The minimum Gasteiger partial charge on any atom is -0.378 e. The highest BCUT2D eigenvalue weighted by atomic mass is 32.2. The maximum absolute atomic E-state index is 11.3. The van der Waals surface area contributed by atoms with Gasteiger partial charge in [0.25, 0.3) is 5.91 Å². The number of hydrogen-bond donors (Lipinski definition) is 1. The molecule has 3 nitrogen and oxygen atoms in total. The Morgan fingerprint density at radius 2 is 2.13 bits per heavy atom. The predicted molar refractivity (Wildman–Crippen MR) is 63.4 cm³/mol. The summed E-state index contributed by atoms with van der Waals surface area (Å²) in [6, 6.07) is 7.87. The van der Waals surface area contributed by atoms with Crippen molar-refractivity contribution in [2.24, 2.45) is 10.7 Å². The van der Waals surface area contributed by atoms with Gasteiger partial charge >= 0.3 is 0 Å². The minimum absolute atomic E-state index is 0.249. The van der Waals surface area contributed by atoms with E-state index in [1.54, 1.807) is 0 Å². The third-order valence-corrected chi connectivity index (χ3v) is 2.92. The molecule has 0 saturated heterocycles. The van der Waals surface area contributed by atoms with Crippen LogP contribution in [-0.4, -0.2) is 11.1 Å². The molecule has 0 saturated carbocycles. The van der Waals surface area contributed by atoms with E-state index >= 15 is 0 Å². The standard InChI is InChI=1S/C11H10N2OS/c1-7-4-2-3-5-8(7)6-9-10(14)13-11(12)15-9/h2-6H,1H3,(H2,12,13,14)/b9-6+. The van der Waals surface area contributed by atoms with Crippen molar-refractivity contribution in [2.45, 2.75) is 6.92 Å². The smallest absolute Gasteiger partial charge is 0.286 e. The molecule has 0 aromatic heterocycles. The number of carbonyl (C=O) groups excluding carboxylic acids is 1. The molecule has 0 fully saturated rings. The van der Waals surface area contributed by atoms with Crippen molar-refractivity contribution < 1.29 is 4.79 Å². The molecule has 0 bridgehead atoms. The molecule has 76 valence electrons. The van der Waals surface area contributed by atoms with Gasteiger partial charge in [-0.2, -0.15) is 4.99 Å². The molecule has 4 heteroatoms. The van der Waals surface area contributed by atoms with Crippen molar-refractivity contribution in [3.05, 3.63) is 40.3 Å². The Bertz CT molecular complexity index is 477. The molecular formula is C11H10N2OS. The average molecular weight is 218 g/mol. The van der Waals surface area contributed by atoms with Crippen molar-refractivity contribution in [3.63, 3.8) is 0 Å². The summed E-state index contributed by atoms with van der Waals surface area (Å²) in [6.07, 6.45) is 1.83. The second-order valence-electron chi connectivity index (χ2n) is 3.22. The van der Waals surface area contributed by atoms with E-state index in [9.17, 15) is 4.79 Å². The highest BCUT2D eigenvalue weighted by Crippen LogP contribution is 2.26. The molecule has 1 aromatic carbocycles. The summed E-state index contributed by atoms with van der Waals surface area (Å²) in [5, 5.41) is 0.319. The fourth-order valence-corrected chi connectivity index (χ4v) is 1.99. The number of amides is 1. The first-order chi connectivity index (χ1) is 7.16. The van der Waals surface area contributed by atoms with Crippen molar-refractivity contribution in [3.8, 4) is 0 Å². The quantitative estimate of drug-likeness (QED) is 0.733. The lowest BCUT2D eigenvalue weighted by molar-refractivity contribution is -0.113. The van der Waals surface area contributed by atoms with Gasteiger partial charge in [-0.15, -0.1) is 0 Å². The fourth-order valence-electron chi connectivity index (χ4n) is 1.32. The predicted octanol–water partition coefficient (Wildman–Crippen LogP) is 1.92. The van der Waals surface area contributed by atoms with E-state index in [-0.39, 0.29) is 5.91 Å². The molecule has 2 rings (SSSR count). The lowest BCUT2D eigenvalue weighted by Gasteiger charge is -1.99. The second-order valence-corrected chi connectivity index (χ2v) is 4.28. The Labute approximate surface area is 92.1 Å². The Kier molecular flexibility index (Phi) is 2.60. The molecule has 0 spiro atoms. The van der Waals surface area contributed by atoms with Gasteiger partial charge in [0.2, 0.25) is 0 Å². The van der Waals surface area contributed by atoms with Crippen LogP contribution in [0.1, 0.15) is 11.1 Å². The second kappa shape index (κ2) is 3.90. The van der Waals surface area contributed by atoms with Crippen LogP contribution in [-0.2, 0) is 4.79 Å². The van der Waals surface area contributed by atoms with Crippen LogP contribution in [0.3, 0.4) is 0 Å². The molecule has 1 aliphatic heterocycles. The van der Waals surface area contributed by atoms with Crippen LogP contribution in [0.5, 0.6) is 0 Å². The molecule has 1 aromatic rings. The van der Waals surface area contributed by atoms with Crippen LogP contribution in [0.25, 0.3) is 6.08 Å². The highest BCUT2D eigenvalue weighted by Gasteiger charge is 2.19. The van der Waals surface area contributed by atoms with Crippen LogP contribution in [0.4, 0.5) is 0 Å². The first-order valence-corrected chi connectivity index (χ1v) is 5.32. The van der Waals surface area contributed by atoms with Crippen molar-refractivity contribution in [2.75, 3.05) is 0 Å². The Morgan fingerprint density at radius 1 is 1.40 bits per heavy atom. The summed E-state index contributed by atoms with van der Waals surface area (Å²) in [7, 11) is 0. The van der Waals surface area contributed by atoms with Crippen LogP contribution < -0.4 is 5.73 Å². The summed E-state index contributed by atoms with van der Waals surface area (Å²) < 4.78 is 0. The van der Waals surface area contributed by atoms with E-state index in [0.29, 0.717) is 10.1 Å². The number of amidine groups is 1. The number of nitrogens with two attached hydrogens (primary N) is 1. The summed E-state index contributed by atoms with van der Waals surface area (Å²) in [4.78, 5) is 15.6. The molecule has 1 heterocycles. The number of rotatable bonds is 1. The van der Waals surface area contributed by atoms with E-state index in [1.165, 1.54) is 11.8 Å². The highest BCUT2D eigenvalue weighted by molar-refractivity contribution is 8.18. The first-order valence-electron chi connectivity index (χ1n) is 4.50. The lowest BCUT2D eigenvalue weighted by atomic mass is 10.1. The summed E-state index contributed by atoms with van der Waals surface area (Å²) >= 11 is 1.22. The molecule has 2 N–H and O–H groups in total. The van der Waals surface area contributed by atoms with E-state index in [0.717, 1.165) is 11.1 Å². The van der Waals surface area contributed by atoms with Gasteiger partial charge < -0.3 is 5.73 Å². The van der Waals surface area contributed by atoms with Crippen LogP contribution in [0.15, 0.2) is 34.2 Å². The van der Waals surface area contributed by atoms with Crippen molar-refractivity contribution in [1.82, 2.24) is 0 Å². The van der Waals surface area contributed by atoms with E-state index in [1.807, 2.05) is 37.3 Å². The zero-order valence-electron chi connectivity index (χ0n) is 8.23. The van der Waals surface area contributed by atoms with Gasteiger partial charge in [-0.05, 0) is 35.9 Å². The molecule has 0 unspecified atom stereocenters. The third-order valence-electron chi connectivity index (χ3n) is 2.11. The lowest BCUT2D eigenvalue weighted by Crippen LogP contribution is -2.01. The van der Waals surface area contributed by atoms with E-state index in [2.05, 4.69) is 4.99 Å². The number of thioether (sulfide) groups is 1. The van der Waals surface area contributed by atoms with Gasteiger partial charge in [-0.25, -0.2) is 0 Å². The van der Waals surface area contributed by atoms with Gasteiger partial charge in [-0.1, -0.05) is 24.3 Å². The number of hydrogen-bond acceptors (Lipinski definition) is 3. The van der Waals surface area contributed by atoms with Crippen molar-refractivity contribution >= 4 is 28.9 Å². The molecule has 0 atom stereocenters. The number of carbonyl (C=O) groups is 1. The third kappa shape index (κ3) is 2.10. The van der Waals surface area contributed by atoms with Crippen LogP contribution >= 0.6 is 11.8 Å². The SMILES string of the molecule is Cc1ccccc1/C=C1/SC(N)=NC1=O. The van der Waals surface area contributed by atoms with Gasteiger partial charge in [0.05, 0.1) is 4.91 Å². The van der Waals surface area contributed by atoms with Gasteiger partial charge in [0, 0.05) is 0 Å². The average Bonchev–Trinajstić information content (AvgIpc) is 2.49.